The second-order valence-electron chi connectivity index (χ2n) is 9.36. The van der Waals surface area contributed by atoms with Crippen LogP contribution < -0.4 is 10.2 Å². The van der Waals surface area contributed by atoms with Crippen LogP contribution >= 0.6 is 11.6 Å². The third-order valence-corrected chi connectivity index (χ3v) is 6.13. The largest absolute Gasteiger partial charge is 0.388 e. The second kappa shape index (κ2) is 10.8. The summed E-state index contributed by atoms with van der Waals surface area (Å²) in [5.41, 5.74) is 4.14. The molecule has 0 saturated carbocycles. The van der Waals surface area contributed by atoms with Crippen LogP contribution in [0, 0.1) is 0 Å². The number of hydrogen-bond donors (Lipinski definition) is 1. The first kappa shape index (κ1) is 24.6. The van der Waals surface area contributed by atoms with Crippen molar-refractivity contribution in [2.24, 2.45) is 0 Å². The highest BCUT2D eigenvalue weighted by atomic mass is 35.5. The Hall–Kier alpha value is -1.99. The standard InChI is InChI=1S/C23H29ClN4O.C2H6O/c1-16-13-27(8-7-25-16)14-22(29)28-15-23(2,3)20-12-26-19(11-21(20)28)10-17-5-4-6-18(24)9-17;1-3-2/h4-6,9,11-12,16,25H,7-8,10,13-15H2,1-3H3;1-2H3. The van der Waals surface area contributed by atoms with E-state index in [0.717, 1.165) is 47.2 Å². The molecular weight excluding hydrogens is 424 g/mol. The number of fused-ring (bicyclic) bond motifs is 1. The van der Waals surface area contributed by atoms with Crippen LogP contribution in [0.2, 0.25) is 5.02 Å². The molecule has 7 heteroatoms. The lowest BCUT2D eigenvalue weighted by atomic mass is 9.88. The molecular formula is C25H35ClN4O2. The van der Waals surface area contributed by atoms with Crippen molar-refractivity contribution in [2.75, 3.05) is 51.8 Å². The van der Waals surface area contributed by atoms with Gasteiger partial charge in [-0.2, -0.15) is 0 Å². The van der Waals surface area contributed by atoms with Gasteiger partial charge in [0.2, 0.25) is 5.91 Å². The van der Waals surface area contributed by atoms with Crippen LogP contribution in [0.15, 0.2) is 36.5 Å². The number of carbonyl (C=O) groups excluding carboxylic acids is 1. The molecule has 2 aliphatic heterocycles. The van der Waals surface area contributed by atoms with Crippen LogP contribution in [0.5, 0.6) is 0 Å². The van der Waals surface area contributed by atoms with Gasteiger partial charge in [0.05, 0.1) is 12.2 Å². The summed E-state index contributed by atoms with van der Waals surface area (Å²) < 4.78 is 4.25. The molecule has 1 aromatic heterocycles. The van der Waals surface area contributed by atoms with E-state index in [0.29, 0.717) is 25.6 Å². The van der Waals surface area contributed by atoms with E-state index in [-0.39, 0.29) is 11.3 Å². The first-order valence-corrected chi connectivity index (χ1v) is 11.5. The molecule has 1 amide bonds. The average Bonchev–Trinajstić information content (AvgIpc) is 2.99. The molecule has 1 N–H and O–H groups in total. The first-order chi connectivity index (χ1) is 15.2. The number of rotatable bonds is 4. The Bertz CT molecular complexity index is 934. The van der Waals surface area contributed by atoms with Crippen molar-refractivity contribution in [1.29, 1.82) is 0 Å². The Morgan fingerprint density at radius 3 is 2.75 bits per heavy atom. The van der Waals surface area contributed by atoms with E-state index in [1.54, 1.807) is 14.2 Å². The molecule has 2 aliphatic rings. The Balaban J connectivity index is 0.000000913. The van der Waals surface area contributed by atoms with Gasteiger partial charge < -0.3 is 15.0 Å². The maximum absolute atomic E-state index is 13.2. The lowest BCUT2D eigenvalue weighted by Gasteiger charge is -2.32. The molecule has 0 aliphatic carbocycles. The van der Waals surface area contributed by atoms with E-state index in [9.17, 15) is 4.79 Å². The maximum atomic E-state index is 13.2. The number of piperazine rings is 1. The minimum atomic E-state index is -0.0939. The fraction of sp³-hybridized carbons (Fsp3) is 0.520. The molecule has 3 heterocycles. The van der Waals surface area contributed by atoms with Gasteiger partial charge in [-0.05, 0) is 30.7 Å². The molecule has 1 saturated heterocycles. The number of hydrogen-bond acceptors (Lipinski definition) is 5. The van der Waals surface area contributed by atoms with Crippen LogP contribution in [0.1, 0.15) is 37.6 Å². The number of anilines is 1. The van der Waals surface area contributed by atoms with Crippen molar-refractivity contribution in [3.8, 4) is 0 Å². The molecule has 1 unspecified atom stereocenters. The molecule has 0 spiro atoms. The molecule has 174 valence electrons. The summed E-state index contributed by atoms with van der Waals surface area (Å²) in [7, 11) is 3.25. The number of methoxy groups -OCH3 is 1. The van der Waals surface area contributed by atoms with Gasteiger partial charge in [-0.15, -0.1) is 0 Å². The van der Waals surface area contributed by atoms with Crippen molar-refractivity contribution >= 4 is 23.2 Å². The predicted octanol–water partition coefficient (Wildman–Crippen LogP) is 3.51. The van der Waals surface area contributed by atoms with Gasteiger partial charge in [-0.25, -0.2) is 0 Å². The first-order valence-electron chi connectivity index (χ1n) is 11.1. The minimum absolute atomic E-state index is 0.0939. The number of carbonyl (C=O) groups is 1. The summed E-state index contributed by atoms with van der Waals surface area (Å²) in [4.78, 5) is 22.1. The highest BCUT2D eigenvalue weighted by Gasteiger charge is 2.39. The van der Waals surface area contributed by atoms with Crippen molar-refractivity contribution in [3.05, 3.63) is 58.4 Å². The Labute approximate surface area is 196 Å². The normalized spacial score (nSPS) is 19.8. The fourth-order valence-electron chi connectivity index (χ4n) is 4.40. The van der Waals surface area contributed by atoms with Crippen molar-refractivity contribution in [3.63, 3.8) is 0 Å². The van der Waals surface area contributed by atoms with Gasteiger partial charge >= 0.3 is 0 Å². The molecule has 1 fully saturated rings. The lowest BCUT2D eigenvalue weighted by molar-refractivity contribution is -0.120. The van der Waals surface area contributed by atoms with Gasteiger partial charge in [0.25, 0.3) is 0 Å². The monoisotopic (exact) mass is 458 g/mol. The average molecular weight is 459 g/mol. The van der Waals surface area contributed by atoms with E-state index < -0.39 is 0 Å². The Morgan fingerprint density at radius 2 is 2.06 bits per heavy atom. The maximum Gasteiger partial charge on any atom is 0.241 e. The van der Waals surface area contributed by atoms with Gasteiger partial charge in [-0.3, -0.25) is 14.7 Å². The predicted molar refractivity (Wildman–Crippen MR) is 131 cm³/mol. The molecule has 6 nitrogen and oxygen atoms in total. The quantitative estimate of drug-likeness (QED) is 0.759. The van der Waals surface area contributed by atoms with Gasteiger partial charge in [0, 0.05) is 80.8 Å². The molecule has 0 radical (unpaired) electrons. The molecule has 4 rings (SSSR count). The summed E-state index contributed by atoms with van der Waals surface area (Å²) in [5, 5.41) is 4.16. The van der Waals surface area contributed by atoms with Crippen LogP contribution in [-0.4, -0.2) is 68.8 Å². The smallest absolute Gasteiger partial charge is 0.241 e. The number of nitrogens with one attached hydrogen (secondary N) is 1. The lowest BCUT2D eigenvalue weighted by Crippen LogP contribution is -2.52. The fourth-order valence-corrected chi connectivity index (χ4v) is 4.62. The molecule has 2 aromatic rings. The zero-order chi connectivity index (χ0) is 23.3. The van der Waals surface area contributed by atoms with Crippen molar-refractivity contribution in [1.82, 2.24) is 15.2 Å². The number of pyridine rings is 1. The zero-order valence-electron chi connectivity index (χ0n) is 19.8. The van der Waals surface area contributed by atoms with Crippen molar-refractivity contribution < 1.29 is 9.53 Å². The van der Waals surface area contributed by atoms with E-state index in [4.69, 9.17) is 16.6 Å². The van der Waals surface area contributed by atoms with E-state index >= 15 is 0 Å². The summed E-state index contributed by atoms with van der Waals surface area (Å²) in [5.74, 6) is 0.172. The summed E-state index contributed by atoms with van der Waals surface area (Å²) in [6.45, 7) is 10.5. The SMILES string of the molecule is CC1CN(CC(=O)N2CC(C)(C)c3cnc(Cc4cccc(Cl)c4)cc32)CCN1.COC. The number of halogens is 1. The number of ether oxygens (including phenoxy) is 1. The van der Waals surface area contributed by atoms with E-state index in [1.807, 2.05) is 29.3 Å². The Kier molecular flexibility index (Phi) is 8.28. The van der Waals surface area contributed by atoms with Crippen molar-refractivity contribution in [2.45, 2.75) is 38.6 Å². The van der Waals surface area contributed by atoms with E-state index in [1.165, 1.54) is 0 Å². The Morgan fingerprint density at radius 1 is 1.31 bits per heavy atom. The molecule has 1 aromatic carbocycles. The highest BCUT2D eigenvalue weighted by molar-refractivity contribution is 6.30. The minimum Gasteiger partial charge on any atom is -0.388 e. The number of nitrogens with zero attached hydrogens (tertiary/aromatic N) is 3. The third kappa shape index (κ3) is 6.07. The third-order valence-electron chi connectivity index (χ3n) is 5.90. The summed E-state index contributed by atoms with van der Waals surface area (Å²) in [6, 6.07) is 10.4. The van der Waals surface area contributed by atoms with Crippen LogP contribution in [0.3, 0.4) is 0 Å². The topological polar surface area (TPSA) is 57.7 Å². The van der Waals surface area contributed by atoms with E-state index in [2.05, 4.69) is 47.9 Å². The number of aromatic nitrogens is 1. The van der Waals surface area contributed by atoms with Crippen LogP contribution in [-0.2, 0) is 21.4 Å². The van der Waals surface area contributed by atoms with Gasteiger partial charge in [0.15, 0.2) is 0 Å². The number of amides is 1. The number of benzene rings is 1. The molecule has 0 bridgehead atoms. The highest BCUT2D eigenvalue weighted by Crippen LogP contribution is 2.40. The molecule has 1 atom stereocenters. The van der Waals surface area contributed by atoms with Gasteiger partial charge in [-0.1, -0.05) is 37.6 Å². The summed E-state index contributed by atoms with van der Waals surface area (Å²) in [6.07, 6.45) is 2.65. The summed E-state index contributed by atoms with van der Waals surface area (Å²) >= 11 is 6.13. The van der Waals surface area contributed by atoms with Gasteiger partial charge in [0.1, 0.15) is 0 Å². The van der Waals surface area contributed by atoms with Crippen LogP contribution in [0.25, 0.3) is 0 Å². The molecule has 32 heavy (non-hydrogen) atoms. The second-order valence-corrected chi connectivity index (χ2v) is 9.80. The zero-order valence-corrected chi connectivity index (χ0v) is 20.6. The van der Waals surface area contributed by atoms with Crippen LogP contribution in [0.4, 0.5) is 5.69 Å².